The molecular weight excluding hydrogens is 216 g/mol. The minimum absolute atomic E-state index is 0.00843. The van der Waals surface area contributed by atoms with Gasteiger partial charge < -0.3 is 15.8 Å². The standard InChI is InChI=1S/C13H20N2O2/c1-2-17-10-12-5-3-11(4-6-12)9-15-13(16)7-8-14/h3-6H,2,7-10,14H2,1H3,(H,15,16). The Labute approximate surface area is 102 Å². The molecule has 0 aliphatic rings. The Kier molecular flexibility index (Phi) is 6.29. The number of ether oxygens (including phenoxy) is 1. The number of hydrogen-bond donors (Lipinski definition) is 2. The van der Waals surface area contributed by atoms with Crippen LogP contribution in [0.3, 0.4) is 0 Å². The van der Waals surface area contributed by atoms with E-state index in [1.54, 1.807) is 0 Å². The van der Waals surface area contributed by atoms with Crippen molar-refractivity contribution >= 4 is 5.91 Å². The lowest BCUT2D eigenvalue weighted by Crippen LogP contribution is -2.24. The summed E-state index contributed by atoms with van der Waals surface area (Å²) in [5.74, 6) is -0.00843. The molecule has 4 heteroatoms. The molecule has 17 heavy (non-hydrogen) atoms. The summed E-state index contributed by atoms with van der Waals surface area (Å²) >= 11 is 0. The van der Waals surface area contributed by atoms with Crippen molar-refractivity contribution < 1.29 is 9.53 Å². The van der Waals surface area contributed by atoms with Crippen LogP contribution in [-0.4, -0.2) is 19.1 Å². The molecule has 1 amide bonds. The number of carbonyl (C=O) groups is 1. The first-order valence-corrected chi connectivity index (χ1v) is 5.88. The summed E-state index contributed by atoms with van der Waals surface area (Å²) in [7, 11) is 0. The number of carbonyl (C=O) groups excluding carboxylic acids is 1. The van der Waals surface area contributed by atoms with Crippen molar-refractivity contribution in [3.05, 3.63) is 35.4 Å². The zero-order valence-electron chi connectivity index (χ0n) is 10.2. The normalized spacial score (nSPS) is 10.2. The van der Waals surface area contributed by atoms with Gasteiger partial charge >= 0.3 is 0 Å². The number of benzene rings is 1. The van der Waals surface area contributed by atoms with Crippen LogP contribution >= 0.6 is 0 Å². The van der Waals surface area contributed by atoms with Crippen molar-refractivity contribution in [1.82, 2.24) is 5.32 Å². The molecule has 3 N–H and O–H groups in total. The third-order valence-electron chi connectivity index (χ3n) is 2.36. The average molecular weight is 236 g/mol. The SMILES string of the molecule is CCOCc1ccc(CNC(=O)CCN)cc1. The molecule has 94 valence electrons. The molecule has 1 aromatic carbocycles. The highest BCUT2D eigenvalue weighted by molar-refractivity contribution is 5.75. The van der Waals surface area contributed by atoms with Gasteiger partial charge in [0.2, 0.25) is 5.91 Å². The number of nitrogens with two attached hydrogens (primary N) is 1. The van der Waals surface area contributed by atoms with Crippen LogP contribution in [0.5, 0.6) is 0 Å². The van der Waals surface area contributed by atoms with Crippen molar-refractivity contribution in [3.8, 4) is 0 Å². The third kappa shape index (κ3) is 5.47. The van der Waals surface area contributed by atoms with Crippen LogP contribution in [0.25, 0.3) is 0 Å². The molecule has 0 aromatic heterocycles. The van der Waals surface area contributed by atoms with E-state index in [4.69, 9.17) is 10.5 Å². The van der Waals surface area contributed by atoms with E-state index < -0.39 is 0 Å². The maximum atomic E-state index is 11.2. The summed E-state index contributed by atoms with van der Waals surface area (Å²) in [5.41, 5.74) is 7.51. The molecule has 0 unspecified atom stereocenters. The van der Waals surface area contributed by atoms with Gasteiger partial charge in [-0.05, 0) is 18.1 Å². The Morgan fingerprint density at radius 3 is 2.53 bits per heavy atom. The number of hydrogen-bond acceptors (Lipinski definition) is 3. The van der Waals surface area contributed by atoms with Crippen LogP contribution < -0.4 is 11.1 Å². The van der Waals surface area contributed by atoms with Crippen molar-refractivity contribution in [3.63, 3.8) is 0 Å². The van der Waals surface area contributed by atoms with E-state index in [0.29, 0.717) is 26.1 Å². The summed E-state index contributed by atoms with van der Waals surface area (Å²) < 4.78 is 5.31. The maximum Gasteiger partial charge on any atom is 0.221 e. The van der Waals surface area contributed by atoms with Gasteiger partial charge in [-0.1, -0.05) is 24.3 Å². The molecule has 0 heterocycles. The van der Waals surface area contributed by atoms with Gasteiger partial charge in [-0.15, -0.1) is 0 Å². The number of nitrogens with one attached hydrogen (secondary N) is 1. The molecule has 0 radical (unpaired) electrons. The molecule has 4 nitrogen and oxygen atoms in total. The summed E-state index contributed by atoms with van der Waals surface area (Å²) in [4.78, 5) is 11.2. The van der Waals surface area contributed by atoms with E-state index in [0.717, 1.165) is 17.7 Å². The van der Waals surface area contributed by atoms with Crippen LogP contribution in [0.2, 0.25) is 0 Å². The second-order valence-corrected chi connectivity index (χ2v) is 3.77. The van der Waals surface area contributed by atoms with Gasteiger partial charge in [0.15, 0.2) is 0 Å². The molecule has 0 fully saturated rings. The maximum absolute atomic E-state index is 11.2. The molecule has 0 saturated carbocycles. The first-order valence-electron chi connectivity index (χ1n) is 5.88. The zero-order valence-corrected chi connectivity index (χ0v) is 10.2. The smallest absolute Gasteiger partial charge is 0.221 e. The van der Waals surface area contributed by atoms with Crippen molar-refractivity contribution in [2.75, 3.05) is 13.2 Å². The molecular formula is C13H20N2O2. The molecule has 1 aromatic rings. The predicted octanol–water partition coefficient (Wildman–Crippen LogP) is 1.19. The van der Waals surface area contributed by atoms with E-state index in [2.05, 4.69) is 5.32 Å². The summed E-state index contributed by atoms with van der Waals surface area (Å²) in [6.45, 7) is 4.27. The van der Waals surface area contributed by atoms with Gasteiger partial charge in [0.1, 0.15) is 0 Å². The molecule has 0 aliphatic heterocycles. The van der Waals surface area contributed by atoms with Crippen LogP contribution in [0, 0.1) is 0 Å². The van der Waals surface area contributed by atoms with Crippen LogP contribution in [0.15, 0.2) is 24.3 Å². The number of rotatable bonds is 7. The van der Waals surface area contributed by atoms with Gasteiger partial charge in [-0.3, -0.25) is 4.79 Å². The van der Waals surface area contributed by atoms with Gasteiger partial charge in [0, 0.05) is 26.1 Å². The van der Waals surface area contributed by atoms with Crippen LogP contribution in [0.1, 0.15) is 24.5 Å². The highest BCUT2D eigenvalue weighted by Gasteiger charge is 1.99. The lowest BCUT2D eigenvalue weighted by molar-refractivity contribution is -0.121. The molecule has 0 spiro atoms. The Balaban J connectivity index is 2.37. The zero-order chi connectivity index (χ0) is 12.5. The van der Waals surface area contributed by atoms with Crippen molar-refractivity contribution in [1.29, 1.82) is 0 Å². The fourth-order valence-electron chi connectivity index (χ4n) is 1.39. The first kappa shape index (κ1) is 13.7. The summed E-state index contributed by atoms with van der Waals surface area (Å²) in [6.07, 6.45) is 0.377. The van der Waals surface area contributed by atoms with Gasteiger partial charge in [-0.2, -0.15) is 0 Å². The quantitative estimate of drug-likeness (QED) is 0.747. The second kappa shape index (κ2) is 7.81. The Morgan fingerprint density at radius 2 is 1.94 bits per heavy atom. The van der Waals surface area contributed by atoms with Gasteiger partial charge in [0.05, 0.1) is 6.61 Å². The molecule has 0 atom stereocenters. The third-order valence-corrected chi connectivity index (χ3v) is 2.36. The summed E-state index contributed by atoms with van der Waals surface area (Å²) in [5, 5.41) is 2.81. The summed E-state index contributed by atoms with van der Waals surface area (Å²) in [6, 6.07) is 8.02. The van der Waals surface area contributed by atoms with Crippen molar-refractivity contribution in [2.45, 2.75) is 26.5 Å². The van der Waals surface area contributed by atoms with E-state index in [1.807, 2.05) is 31.2 Å². The predicted molar refractivity (Wildman–Crippen MR) is 67.3 cm³/mol. The van der Waals surface area contributed by atoms with Crippen LogP contribution in [0.4, 0.5) is 0 Å². The number of amides is 1. The van der Waals surface area contributed by atoms with E-state index >= 15 is 0 Å². The largest absolute Gasteiger partial charge is 0.377 e. The fourth-order valence-corrected chi connectivity index (χ4v) is 1.39. The lowest BCUT2D eigenvalue weighted by atomic mass is 10.1. The average Bonchev–Trinajstić information content (AvgIpc) is 2.35. The van der Waals surface area contributed by atoms with Crippen molar-refractivity contribution in [2.24, 2.45) is 5.73 Å². The minimum atomic E-state index is -0.00843. The van der Waals surface area contributed by atoms with E-state index in [9.17, 15) is 4.79 Å². The van der Waals surface area contributed by atoms with E-state index in [1.165, 1.54) is 0 Å². The molecule has 0 saturated heterocycles. The molecule has 0 bridgehead atoms. The Morgan fingerprint density at radius 1 is 1.29 bits per heavy atom. The molecule has 1 rings (SSSR count). The topological polar surface area (TPSA) is 64.3 Å². The second-order valence-electron chi connectivity index (χ2n) is 3.77. The van der Waals surface area contributed by atoms with Crippen LogP contribution in [-0.2, 0) is 22.7 Å². The highest BCUT2D eigenvalue weighted by Crippen LogP contribution is 2.05. The van der Waals surface area contributed by atoms with E-state index in [-0.39, 0.29) is 5.91 Å². The van der Waals surface area contributed by atoms with Gasteiger partial charge in [0.25, 0.3) is 0 Å². The first-order chi connectivity index (χ1) is 8.26. The highest BCUT2D eigenvalue weighted by atomic mass is 16.5. The molecule has 0 aliphatic carbocycles. The monoisotopic (exact) mass is 236 g/mol. The Hall–Kier alpha value is -1.39. The minimum Gasteiger partial charge on any atom is -0.377 e. The van der Waals surface area contributed by atoms with Gasteiger partial charge in [-0.25, -0.2) is 0 Å². The fraction of sp³-hybridized carbons (Fsp3) is 0.462. The lowest BCUT2D eigenvalue weighted by Gasteiger charge is -2.06. The Bertz CT molecular complexity index is 336.